The highest BCUT2D eigenvalue weighted by Gasteiger charge is 2.16. The van der Waals surface area contributed by atoms with E-state index in [4.69, 9.17) is 9.47 Å². The molecule has 0 aliphatic carbocycles. The van der Waals surface area contributed by atoms with Crippen LogP contribution in [0.1, 0.15) is 32.9 Å². The number of rotatable bonds is 6. The number of aryl methyl sites for hydroxylation is 2. The Hall–Kier alpha value is -2.44. The van der Waals surface area contributed by atoms with Gasteiger partial charge in [0.15, 0.2) is 5.78 Å². The number of carbonyl (C=O) groups excluding carboxylic acids is 1. The number of carbonyl (C=O) groups is 1. The van der Waals surface area contributed by atoms with Crippen LogP contribution in [0, 0.1) is 13.8 Å². The molecule has 0 amide bonds. The van der Waals surface area contributed by atoms with E-state index in [-0.39, 0.29) is 5.78 Å². The molecule has 0 radical (unpaired) electrons. The molecule has 1 aliphatic rings. The molecule has 2 aromatic rings. The van der Waals surface area contributed by atoms with Gasteiger partial charge in [0.2, 0.25) is 0 Å². The minimum Gasteiger partial charge on any atom is -0.496 e. The molecule has 0 saturated carbocycles. The van der Waals surface area contributed by atoms with E-state index < -0.39 is 0 Å². The molecule has 2 heterocycles. The largest absolute Gasteiger partial charge is 0.496 e. The Morgan fingerprint density at radius 2 is 2.04 bits per heavy atom. The molecule has 1 aliphatic heterocycles. The molecule has 1 aromatic heterocycles. The van der Waals surface area contributed by atoms with Gasteiger partial charge in [0.25, 0.3) is 0 Å². The highest BCUT2D eigenvalue weighted by molar-refractivity contribution is 6.08. The fraction of sp³-hybridized carbons (Fsp3) is 0.429. The van der Waals surface area contributed by atoms with Crippen molar-refractivity contribution < 1.29 is 14.3 Å². The van der Waals surface area contributed by atoms with Gasteiger partial charge in [-0.05, 0) is 37.6 Å². The number of allylic oxidation sites excluding steroid dienone is 1. The van der Waals surface area contributed by atoms with E-state index in [1.165, 1.54) is 0 Å². The van der Waals surface area contributed by atoms with E-state index in [1.54, 1.807) is 17.9 Å². The number of ether oxygens (including phenoxy) is 2. The molecular formula is C21H27N3O3. The third kappa shape index (κ3) is 4.46. The van der Waals surface area contributed by atoms with E-state index in [9.17, 15) is 4.79 Å². The maximum Gasteiger partial charge on any atom is 0.189 e. The third-order valence-electron chi connectivity index (χ3n) is 4.98. The van der Waals surface area contributed by atoms with E-state index in [0.29, 0.717) is 5.56 Å². The molecular weight excluding hydrogens is 342 g/mol. The van der Waals surface area contributed by atoms with Crippen LogP contribution in [-0.2, 0) is 18.3 Å². The Kier molecular flexibility index (Phi) is 6.08. The monoisotopic (exact) mass is 369 g/mol. The normalized spacial score (nSPS) is 15.4. The van der Waals surface area contributed by atoms with Gasteiger partial charge < -0.3 is 9.47 Å². The molecule has 1 fully saturated rings. The number of hydrogen-bond acceptors (Lipinski definition) is 5. The van der Waals surface area contributed by atoms with Gasteiger partial charge in [-0.1, -0.05) is 12.1 Å². The quantitative estimate of drug-likeness (QED) is 0.579. The van der Waals surface area contributed by atoms with Crippen LogP contribution in [0.4, 0.5) is 0 Å². The van der Waals surface area contributed by atoms with Crippen LogP contribution in [0.3, 0.4) is 0 Å². The van der Waals surface area contributed by atoms with Gasteiger partial charge in [0, 0.05) is 37.9 Å². The summed E-state index contributed by atoms with van der Waals surface area (Å²) < 4.78 is 12.7. The predicted octanol–water partition coefficient (Wildman–Crippen LogP) is 2.77. The highest BCUT2D eigenvalue weighted by atomic mass is 16.5. The van der Waals surface area contributed by atoms with Crippen LogP contribution in [0.2, 0.25) is 0 Å². The van der Waals surface area contributed by atoms with Crippen LogP contribution in [0.25, 0.3) is 6.08 Å². The minimum atomic E-state index is -0.0244. The van der Waals surface area contributed by atoms with E-state index in [2.05, 4.69) is 16.1 Å². The van der Waals surface area contributed by atoms with Gasteiger partial charge in [0.05, 0.1) is 31.6 Å². The third-order valence-corrected chi connectivity index (χ3v) is 4.98. The predicted molar refractivity (Wildman–Crippen MR) is 105 cm³/mol. The smallest absolute Gasteiger partial charge is 0.189 e. The fourth-order valence-corrected chi connectivity index (χ4v) is 3.41. The molecule has 0 atom stereocenters. The Bertz CT molecular complexity index is 849. The average molecular weight is 369 g/mol. The van der Waals surface area contributed by atoms with E-state index in [0.717, 1.165) is 61.1 Å². The van der Waals surface area contributed by atoms with E-state index in [1.807, 2.05) is 39.1 Å². The fourth-order valence-electron chi connectivity index (χ4n) is 3.41. The summed E-state index contributed by atoms with van der Waals surface area (Å²) in [5, 5.41) is 4.32. The Morgan fingerprint density at radius 1 is 1.30 bits per heavy atom. The van der Waals surface area contributed by atoms with Gasteiger partial charge >= 0.3 is 0 Å². The van der Waals surface area contributed by atoms with Crippen molar-refractivity contribution >= 4 is 11.9 Å². The molecule has 3 rings (SSSR count). The summed E-state index contributed by atoms with van der Waals surface area (Å²) in [6.45, 7) is 7.95. The van der Waals surface area contributed by atoms with Crippen molar-refractivity contribution in [2.45, 2.75) is 20.4 Å². The number of nitrogens with zero attached hydrogens (tertiary/aromatic N) is 3. The van der Waals surface area contributed by atoms with Gasteiger partial charge in [-0.3, -0.25) is 14.4 Å². The van der Waals surface area contributed by atoms with Gasteiger partial charge in [-0.15, -0.1) is 0 Å². The SMILES string of the molecule is COc1ccc(/C=C/C(=O)c2c(C)nn(C)c2C)cc1CN1CCOCC1. The first kappa shape index (κ1) is 19.3. The highest BCUT2D eigenvalue weighted by Crippen LogP contribution is 2.23. The molecule has 0 N–H and O–H groups in total. The number of morpholine rings is 1. The molecule has 1 saturated heterocycles. The van der Waals surface area contributed by atoms with Crippen molar-refractivity contribution in [2.24, 2.45) is 7.05 Å². The standard InChI is InChI=1S/C21H27N3O3/c1-15-21(16(2)23(3)22-15)19(25)7-5-17-6-8-20(26-4)18(13-17)14-24-9-11-27-12-10-24/h5-8,13H,9-12,14H2,1-4H3/b7-5+. The molecule has 144 valence electrons. The summed E-state index contributed by atoms with van der Waals surface area (Å²) >= 11 is 0. The lowest BCUT2D eigenvalue weighted by molar-refractivity contribution is 0.0339. The molecule has 27 heavy (non-hydrogen) atoms. The number of benzene rings is 1. The minimum absolute atomic E-state index is 0.0244. The van der Waals surface area contributed by atoms with Crippen LogP contribution >= 0.6 is 0 Å². The molecule has 0 bridgehead atoms. The zero-order valence-electron chi connectivity index (χ0n) is 16.5. The zero-order valence-corrected chi connectivity index (χ0v) is 16.5. The summed E-state index contributed by atoms with van der Waals surface area (Å²) in [5.74, 6) is 0.840. The van der Waals surface area contributed by atoms with E-state index >= 15 is 0 Å². The lowest BCUT2D eigenvalue weighted by Gasteiger charge is -2.27. The Balaban J connectivity index is 1.78. The number of methoxy groups -OCH3 is 1. The van der Waals surface area contributed by atoms with Crippen molar-refractivity contribution in [3.63, 3.8) is 0 Å². The van der Waals surface area contributed by atoms with Crippen molar-refractivity contribution in [1.29, 1.82) is 0 Å². The van der Waals surface area contributed by atoms with Crippen LogP contribution in [0.15, 0.2) is 24.3 Å². The molecule has 6 heteroatoms. The maximum atomic E-state index is 12.6. The molecule has 0 spiro atoms. The Morgan fingerprint density at radius 3 is 2.67 bits per heavy atom. The first-order valence-corrected chi connectivity index (χ1v) is 9.19. The van der Waals surface area contributed by atoms with Crippen molar-refractivity contribution in [3.05, 3.63) is 52.4 Å². The Labute approximate surface area is 160 Å². The zero-order chi connectivity index (χ0) is 19.4. The molecule has 0 unspecified atom stereocenters. The first-order chi connectivity index (χ1) is 13.0. The lowest BCUT2D eigenvalue weighted by atomic mass is 10.1. The summed E-state index contributed by atoms with van der Waals surface area (Å²) in [6.07, 6.45) is 3.48. The summed E-state index contributed by atoms with van der Waals surface area (Å²) in [4.78, 5) is 15.0. The summed E-state index contributed by atoms with van der Waals surface area (Å²) in [7, 11) is 3.54. The summed E-state index contributed by atoms with van der Waals surface area (Å²) in [5.41, 5.74) is 4.41. The van der Waals surface area contributed by atoms with Gasteiger partial charge in [-0.2, -0.15) is 5.10 Å². The molecule has 6 nitrogen and oxygen atoms in total. The van der Waals surface area contributed by atoms with Crippen molar-refractivity contribution in [1.82, 2.24) is 14.7 Å². The number of ketones is 1. The lowest BCUT2D eigenvalue weighted by Crippen LogP contribution is -2.35. The van der Waals surface area contributed by atoms with Crippen LogP contribution in [-0.4, -0.2) is 53.9 Å². The number of hydrogen-bond donors (Lipinski definition) is 0. The maximum absolute atomic E-state index is 12.6. The molecule has 1 aromatic carbocycles. The second kappa shape index (κ2) is 8.50. The van der Waals surface area contributed by atoms with Gasteiger partial charge in [-0.25, -0.2) is 0 Å². The van der Waals surface area contributed by atoms with Gasteiger partial charge in [0.1, 0.15) is 5.75 Å². The average Bonchev–Trinajstić information content (AvgIpc) is 2.92. The van der Waals surface area contributed by atoms with Crippen LogP contribution < -0.4 is 4.74 Å². The topological polar surface area (TPSA) is 56.6 Å². The number of aromatic nitrogens is 2. The summed E-state index contributed by atoms with van der Waals surface area (Å²) in [6, 6.07) is 6.01. The van der Waals surface area contributed by atoms with Crippen LogP contribution in [0.5, 0.6) is 5.75 Å². The first-order valence-electron chi connectivity index (χ1n) is 9.19. The van der Waals surface area contributed by atoms with Crippen molar-refractivity contribution in [2.75, 3.05) is 33.4 Å². The second-order valence-electron chi connectivity index (χ2n) is 6.83. The van der Waals surface area contributed by atoms with Crippen molar-refractivity contribution in [3.8, 4) is 5.75 Å². The second-order valence-corrected chi connectivity index (χ2v) is 6.83.